The third kappa shape index (κ3) is 2.68. The lowest BCUT2D eigenvalue weighted by atomic mass is 10.1. The number of likely N-dealkylation sites (tertiary alicyclic amines) is 1. The van der Waals surface area contributed by atoms with E-state index in [1.807, 2.05) is 0 Å². The topological polar surface area (TPSA) is 81.0 Å². The molecule has 17 heavy (non-hydrogen) atoms. The van der Waals surface area contributed by atoms with E-state index in [4.69, 9.17) is 0 Å². The molecule has 1 aliphatic rings. The number of carbonyl (C=O) groups excluding carboxylic acids is 1. The molecule has 1 amide bonds. The van der Waals surface area contributed by atoms with Crippen molar-refractivity contribution in [3.63, 3.8) is 0 Å². The molecule has 1 aliphatic heterocycles. The van der Waals surface area contributed by atoms with Crippen LogP contribution in [0.4, 0.5) is 0 Å². The van der Waals surface area contributed by atoms with Gasteiger partial charge in [-0.05, 0) is 25.0 Å². The second kappa shape index (κ2) is 4.63. The van der Waals surface area contributed by atoms with E-state index in [1.165, 1.54) is 23.1 Å². The summed E-state index contributed by atoms with van der Waals surface area (Å²) in [6.07, 6.45) is 0.978. The van der Waals surface area contributed by atoms with Crippen LogP contribution in [0.5, 0.6) is 11.5 Å². The van der Waals surface area contributed by atoms with Gasteiger partial charge in [-0.25, -0.2) is 0 Å². The molecule has 0 aromatic heterocycles. The maximum Gasteiger partial charge on any atom is 0.254 e. The number of aliphatic hydroxyl groups excluding tert-OH is 1. The number of aromatic hydroxyl groups is 2. The molecule has 5 heteroatoms. The molecular formula is C12H15NO4. The summed E-state index contributed by atoms with van der Waals surface area (Å²) >= 11 is 0. The van der Waals surface area contributed by atoms with E-state index in [-0.39, 0.29) is 23.0 Å². The van der Waals surface area contributed by atoms with Crippen LogP contribution < -0.4 is 0 Å². The number of amides is 1. The Morgan fingerprint density at radius 3 is 2.47 bits per heavy atom. The number of phenols is 2. The Morgan fingerprint density at radius 2 is 1.88 bits per heavy atom. The number of hydrogen-bond donors (Lipinski definition) is 3. The zero-order valence-corrected chi connectivity index (χ0v) is 9.33. The summed E-state index contributed by atoms with van der Waals surface area (Å²) in [7, 11) is 0. The number of piperidine rings is 1. The van der Waals surface area contributed by atoms with Gasteiger partial charge in [0.1, 0.15) is 11.5 Å². The molecular weight excluding hydrogens is 222 g/mol. The van der Waals surface area contributed by atoms with E-state index in [9.17, 15) is 20.1 Å². The first kappa shape index (κ1) is 11.7. The molecule has 1 fully saturated rings. The number of β-amino-alcohol motifs (C(OH)–C–C–N with tert-alkyl or cyclic N) is 1. The maximum absolute atomic E-state index is 12.0. The number of hydrogen-bond acceptors (Lipinski definition) is 4. The van der Waals surface area contributed by atoms with Gasteiger partial charge < -0.3 is 20.2 Å². The van der Waals surface area contributed by atoms with Crippen molar-refractivity contribution in [2.45, 2.75) is 18.9 Å². The largest absolute Gasteiger partial charge is 0.508 e. The number of nitrogens with zero attached hydrogens (tertiary/aromatic N) is 1. The lowest BCUT2D eigenvalue weighted by Crippen LogP contribution is -2.42. The zero-order valence-electron chi connectivity index (χ0n) is 9.33. The van der Waals surface area contributed by atoms with Crippen LogP contribution >= 0.6 is 0 Å². The van der Waals surface area contributed by atoms with Crippen LogP contribution in [0.3, 0.4) is 0 Å². The minimum atomic E-state index is -0.487. The van der Waals surface area contributed by atoms with E-state index in [0.29, 0.717) is 19.5 Å². The van der Waals surface area contributed by atoms with Gasteiger partial charge in [-0.3, -0.25) is 4.79 Å². The lowest BCUT2D eigenvalue weighted by Gasteiger charge is -2.30. The first-order valence-electron chi connectivity index (χ1n) is 5.56. The van der Waals surface area contributed by atoms with Gasteiger partial charge in [-0.15, -0.1) is 0 Å². The predicted molar refractivity (Wildman–Crippen MR) is 60.9 cm³/mol. The van der Waals surface area contributed by atoms with Gasteiger partial charge >= 0.3 is 0 Å². The highest BCUT2D eigenvalue weighted by atomic mass is 16.3. The van der Waals surface area contributed by atoms with Crippen molar-refractivity contribution < 1.29 is 20.1 Å². The molecule has 2 rings (SSSR count). The van der Waals surface area contributed by atoms with E-state index in [1.54, 1.807) is 0 Å². The second-order valence-corrected chi connectivity index (χ2v) is 4.29. The van der Waals surface area contributed by atoms with Gasteiger partial charge in [0.2, 0.25) is 0 Å². The molecule has 0 unspecified atom stereocenters. The maximum atomic E-state index is 12.0. The van der Waals surface area contributed by atoms with Crippen LogP contribution in [-0.2, 0) is 0 Å². The van der Waals surface area contributed by atoms with Crippen LogP contribution in [0, 0.1) is 0 Å². The standard InChI is InChI=1S/C12H15NO4/c14-9-2-1-3-13(7-9)12(17)8-4-10(15)6-11(16)5-8/h4-6,9,14-16H,1-3,7H2/t9-/m0/s1. The molecule has 1 saturated heterocycles. The van der Waals surface area contributed by atoms with Gasteiger partial charge in [0.05, 0.1) is 6.10 Å². The second-order valence-electron chi connectivity index (χ2n) is 4.29. The molecule has 0 bridgehead atoms. The molecule has 5 nitrogen and oxygen atoms in total. The van der Waals surface area contributed by atoms with Crippen molar-refractivity contribution in [2.24, 2.45) is 0 Å². The lowest BCUT2D eigenvalue weighted by molar-refractivity contribution is 0.0473. The number of benzene rings is 1. The van der Waals surface area contributed by atoms with Crippen molar-refractivity contribution >= 4 is 5.91 Å². The molecule has 1 heterocycles. The molecule has 1 aromatic carbocycles. The fourth-order valence-corrected chi connectivity index (χ4v) is 2.04. The fourth-order valence-electron chi connectivity index (χ4n) is 2.04. The van der Waals surface area contributed by atoms with Crippen molar-refractivity contribution in [2.75, 3.05) is 13.1 Å². The highest BCUT2D eigenvalue weighted by Gasteiger charge is 2.23. The summed E-state index contributed by atoms with van der Waals surface area (Å²) in [6.45, 7) is 0.890. The first-order chi connectivity index (χ1) is 8.06. The van der Waals surface area contributed by atoms with Crippen LogP contribution in [0.25, 0.3) is 0 Å². The normalized spacial score (nSPS) is 20.3. The third-order valence-corrected chi connectivity index (χ3v) is 2.83. The van der Waals surface area contributed by atoms with Crippen molar-refractivity contribution in [1.82, 2.24) is 4.90 Å². The quantitative estimate of drug-likeness (QED) is 0.671. The highest BCUT2D eigenvalue weighted by molar-refractivity contribution is 5.95. The van der Waals surface area contributed by atoms with Gasteiger partial charge in [-0.2, -0.15) is 0 Å². The Morgan fingerprint density at radius 1 is 1.24 bits per heavy atom. The van der Waals surface area contributed by atoms with Gasteiger partial charge in [-0.1, -0.05) is 0 Å². The monoisotopic (exact) mass is 237 g/mol. The van der Waals surface area contributed by atoms with Gasteiger partial charge in [0.15, 0.2) is 0 Å². The predicted octanol–water partition coefficient (Wildman–Crippen LogP) is 0.695. The summed E-state index contributed by atoms with van der Waals surface area (Å²) < 4.78 is 0. The number of phenolic OH excluding ortho intramolecular Hbond substituents is 2. The van der Waals surface area contributed by atoms with Crippen LogP contribution in [-0.4, -0.2) is 45.3 Å². The van der Waals surface area contributed by atoms with Gasteiger partial charge in [0.25, 0.3) is 5.91 Å². The Hall–Kier alpha value is -1.75. The van der Waals surface area contributed by atoms with E-state index in [2.05, 4.69) is 0 Å². The SMILES string of the molecule is O=C(c1cc(O)cc(O)c1)N1CCC[C@H](O)C1. The van der Waals surface area contributed by atoms with Crippen molar-refractivity contribution in [3.05, 3.63) is 23.8 Å². The van der Waals surface area contributed by atoms with E-state index in [0.717, 1.165) is 6.42 Å². The average Bonchev–Trinajstić information content (AvgIpc) is 2.26. The molecule has 0 saturated carbocycles. The molecule has 3 N–H and O–H groups in total. The summed E-state index contributed by atoms with van der Waals surface area (Å²) in [6, 6.07) is 3.79. The first-order valence-corrected chi connectivity index (χ1v) is 5.56. The number of rotatable bonds is 1. The number of aliphatic hydroxyl groups is 1. The Labute approximate surface area is 98.9 Å². The summed E-state index contributed by atoms with van der Waals surface area (Å²) in [5, 5.41) is 28.1. The Bertz CT molecular complexity index is 412. The number of carbonyl (C=O) groups is 1. The highest BCUT2D eigenvalue weighted by Crippen LogP contribution is 2.22. The van der Waals surface area contributed by atoms with Crippen LogP contribution in [0.15, 0.2) is 18.2 Å². The molecule has 0 aliphatic carbocycles. The molecule has 0 spiro atoms. The minimum Gasteiger partial charge on any atom is -0.508 e. The summed E-state index contributed by atoms with van der Waals surface area (Å²) in [5.74, 6) is -0.577. The average molecular weight is 237 g/mol. The molecule has 92 valence electrons. The fraction of sp³-hybridized carbons (Fsp3) is 0.417. The smallest absolute Gasteiger partial charge is 0.254 e. The van der Waals surface area contributed by atoms with Gasteiger partial charge in [0, 0.05) is 24.7 Å². The summed E-state index contributed by atoms with van der Waals surface area (Å²) in [4.78, 5) is 13.6. The Kier molecular flexibility index (Phi) is 3.19. The molecule has 1 atom stereocenters. The zero-order chi connectivity index (χ0) is 12.4. The molecule has 1 aromatic rings. The van der Waals surface area contributed by atoms with E-state index >= 15 is 0 Å². The molecule has 0 radical (unpaired) electrons. The summed E-state index contributed by atoms with van der Waals surface area (Å²) in [5.41, 5.74) is 0.233. The van der Waals surface area contributed by atoms with Crippen molar-refractivity contribution in [1.29, 1.82) is 0 Å². The Balaban J connectivity index is 2.18. The van der Waals surface area contributed by atoms with Crippen molar-refractivity contribution in [3.8, 4) is 11.5 Å². The van der Waals surface area contributed by atoms with Crippen LogP contribution in [0.2, 0.25) is 0 Å². The van der Waals surface area contributed by atoms with E-state index < -0.39 is 6.10 Å². The third-order valence-electron chi connectivity index (χ3n) is 2.83. The minimum absolute atomic E-state index is 0.147. The van der Waals surface area contributed by atoms with Crippen LogP contribution in [0.1, 0.15) is 23.2 Å².